The summed E-state index contributed by atoms with van der Waals surface area (Å²) >= 11 is 0. The molecule has 0 radical (unpaired) electrons. The molecule has 10 nitrogen and oxygen atoms in total. The molecular weight excluding hydrogens is 477 g/mol. The lowest BCUT2D eigenvalue weighted by Gasteiger charge is -2.20. The Kier molecular flexibility index (Phi) is 6.66. The minimum Gasteiger partial charge on any atom is -0.392 e. The van der Waals surface area contributed by atoms with E-state index in [1.807, 2.05) is 20.8 Å². The van der Waals surface area contributed by atoms with Gasteiger partial charge in [-0.2, -0.15) is 9.78 Å². The molecule has 0 bridgehead atoms. The molecule has 2 heterocycles. The van der Waals surface area contributed by atoms with E-state index in [0.717, 1.165) is 10.2 Å². The Balaban J connectivity index is 1.93. The summed E-state index contributed by atoms with van der Waals surface area (Å²) in [4.78, 5) is 34.1. The van der Waals surface area contributed by atoms with Gasteiger partial charge in [-0.1, -0.05) is 32.9 Å². The van der Waals surface area contributed by atoms with Gasteiger partial charge in [0.15, 0.2) is 11.8 Å². The van der Waals surface area contributed by atoms with Crippen LogP contribution in [0.3, 0.4) is 0 Å². The minimum absolute atomic E-state index is 0.00134. The van der Waals surface area contributed by atoms with Crippen molar-refractivity contribution in [3.05, 3.63) is 80.4 Å². The zero-order valence-corrected chi connectivity index (χ0v) is 21.2. The van der Waals surface area contributed by atoms with Crippen LogP contribution in [0.4, 0.5) is 10.2 Å². The van der Waals surface area contributed by atoms with Crippen molar-refractivity contribution in [1.29, 1.82) is 0 Å². The highest BCUT2D eigenvalue weighted by Crippen LogP contribution is 2.29. The van der Waals surface area contributed by atoms with E-state index in [-0.39, 0.29) is 28.3 Å². The molecule has 4 aromatic rings. The van der Waals surface area contributed by atoms with E-state index in [4.69, 9.17) is 5.73 Å². The van der Waals surface area contributed by atoms with Gasteiger partial charge in [0, 0.05) is 36.8 Å². The first-order valence-corrected chi connectivity index (χ1v) is 11.5. The van der Waals surface area contributed by atoms with Gasteiger partial charge in [-0.15, -0.1) is 0 Å². The number of aliphatic hydroxyl groups excluding tert-OH is 1. The van der Waals surface area contributed by atoms with E-state index in [2.05, 4.69) is 20.4 Å². The molecule has 2 aromatic carbocycles. The molecule has 0 aliphatic rings. The Bertz CT molecular complexity index is 1670. The number of guanidine groups is 1. The molecule has 0 aliphatic heterocycles. The molecule has 4 N–H and O–H groups in total. The van der Waals surface area contributed by atoms with Crippen LogP contribution in [0.2, 0.25) is 0 Å². The Morgan fingerprint density at radius 2 is 1.95 bits per heavy atom. The van der Waals surface area contributed by atoms with Crippen molar-refractivity contribution in [1.82, 2.24) is 19.3 Å². The van der Waals surface area contributed by atoms with Crippen molar-refractivity contribution in [2.45, 2.75) is 32.8 Å². The third-order valence-electron chi connectivity index (χ3n) is 6.08. The van der Waals surface area contributed by atoms with Gasteiger partial charge < -0.3 is 20.7 Å². The van der Waals surface area contributed by atoms with Crippen LogP contribution in [0.1, 0.15) is 31.9 Å². The molecule has 192 valence electrons. The number of benzene rings is 2. The van der Waals surface area contributed by atoms with E-state index in [0.29, 0.717) is 22.2 Å². The number of aliphatic hydroxyl groups is 1. The number of rotatable bonds is 4. The van der Waals surface area contributed by atoms with Gasteiger partial charge in [0.05, 0.1) is 29.6 Å². The Hall–Kier alpha value is -4.38. The zero-order chi connectivity index (χ0) is 27.1. The smallest absolute Gasteiger partial charge is 0.293 e. The average Bonchev–Trinajstić information content (AvgIpc) is 2.85. The van der Waals surface area contributed by atoms with Crippen molar-refractivity contribution in [3.8, 4) is 16.9 Å². The number of anilines is 1. The van der Waals surface area contributed by atoms with Crippen LogP contribution < -0.4 is 22.2 Å². The lowest BCUT2D eigenvalue weighted by Crippen LogP contribution is -2.30. The second-order valence-electron chi connectivity index (χ2n) is 9.62. The minimum atomic E-state index is -0.662. The first-order chi connectivity index (χ1) is 17.5. The molecule has 0 fully saturated rings. The van der Waals surface area contributed by atoms with Crippen molar-refractivity contribution in [2.75, 3.05) is 12.4 Å². The third-order valence-corrected chi connectivity index (χ3v) is 6.08. The number of aliphatic imine (C=N–C) groups is 1. The van der Waals surface area contributed by atoms with Crippen LogP contribution in [-0.4, -0.2) is 37.4 Å². The molecule has 4 rings (SSSR count). The molecular formula is C26H28FN7O3. The monoisotopic (exact) mass is 505 g/mol. The Morgan fingerprint density at radius 3 is 2.59 bits per heavy atom. The number of halogens is 1. The fraction of sp³-hybridized carbons (Fsp3) is 0.269. The van der Waals surface area contributed by atoms with Gasteiger partial charge >= 0.3 is 0 Å². The largest absolute Gasteiger partial charge is 0.392 e. The van der Waals surface area contributed by atoms with Crippen molar-refractivity contribution in [3.63, 3.8) is 0 Å². The van der Waals surface area contributed by atoms with Crippen LogP contribution in [-0.2, 0) is 19.1 Å². The molecule has 11 heteroatoms. The van der Waals surface area contributed by atoms with Gasteiger partial charge in [-0.3, -0.25) is 14.6 Å². The predicted molar refractivity (Wildman–Crippen MR) is 142 cm³/mol. The summed E-state index contributed by atoms with van der Waals surface area (Å²) in [6.45, 7) is 5.39. The molecule has 0 unspecified atom stereocenters. The second kappa shape index (κ2) is 9.58. The highest BCUT2D eigenvalue weighted by molar-refractivity contribution is 5.91. The standard InChI is InChI=1S/C26H28FN7O3/c1-26(2,3)15-9-14-11-30-34(23(36)21(14)18(27)10-15)20-8-6-7-16(17(20)13-35)19-12-33(5)24(37)22(31-19)32-25(28)29-4/h6-12,35H,13H2,1-5H3,(H3,28,29,31,32). The molecule has 0 saturated heterocycles. The van der Waals surface area contributed by atoms with Crippen LogP contribution in [0, 0.1) is 5.82 Å². The SMILES string of the molecule is CN=C(N)Nc1nc(-c2cccc(-n3ncc4cc(C(C)(C)C)cc(F)c4c3=O)c2CO)cn(C)c1=O. The van der Waals surface area contributed by atoms with Gasteiger partial charge in [0.25, 0.3) is 11.1 Å². The first-order valence-electron chi connectivity index (χ1n) is 11.5. The highest BCUT2D eigenvalue weighted by Gasteiger charge is 2.21. The van der Waals surface area contributed by atoms with Crippen LogP contribution in [0.5, 0.6) is 0 Å². The molecule has 0 atom stereocenters. The van der Waals surface area contributed by atoms with Crippen LogP contribution in [0.25, 0.3) is 27.7 Å². The van der Waals surface area contributed by atoms with E-state index in [9.17, 15) is 14.7 Å². The quantitative estimate of drug-likeness (QED) is 0.286. The molecule has 37 heavy (non-hydrogen) atoms. The number of aromatic nitrogens is 4. The Morgan fingerprint density at radius 1 is 1.22 bits per heavy atom. The molecule has 0 saturated carbocycles. The number of hydrogen-bond acceptors (Lipinski definition) is 6. The second-order valence-corrected chi connectivity index (χ2v) is 9.62. The number of hydrogen-bond donors (Lipinski definition) is 3. The molecule has 2 aromatic heterocycles. The maximum Gasteiger partial charge on any atom is 0.293 e. The summed E-state index contributed by atoms with van der Waals surface area (Å²) in [6, 6.07) is 8.06. The van der Waals surface area contributed by atoms with Crippen molar-refractivity contribution >= 4 is 22.5 Å². The maximum absolute atomic E-state index is 15.2. The van der Waals surface area contributed by atoms with E-state index in [1.165, 1.54) is 30.1 Å². The normalized spacial score (nSPS) is 12.2. The molecule has 0 spiro atoms. The number of nitrogens with zero attached hydrogens (tertiary/aromatic N) is 5. The number of aryl methyl sites for hydroxylation is 1. The van der Waals surface area contributed by atoms with E-state index >= 15 is 4.39 Å². The van der Waals surface area contributed by atoms with E-state index < -0.39 is 23.5 Å². The molecule has 0 amide bonds. The average molecular weight is 506 g/mol. The summed E-state index contributed by atoms with van der Waals surface area (Å²) in [7, 11) is 3.01. The number of nitrogens with two attached hydrogens (primary N) is 1. The number of nitrogens with one attached hydrogen (secondary N) is 1. The maximum atomic E-state index is 15.2. The highest BCUT2D eigenvalue weighted by atomic mass is 19.1. The topological polar surface area (TPSA) is 140 Å². The Labute approximate surface area is 211 Å². The first kappa shape index (κ1) is 25.7. The summed E-state index contributed by atoms with van der Waals surface area (Å²) < 4.78 is 17.5. The van der Waals surface area contributed by atoms with Crippen LogP contribution in [0.15, 0.2) is 57.3 Å². The van der Waals surface area contributed by atoms with Crippen molar-refractivity contribution < 1.29 is 9.50 Å². The fourth-order valence-corrected chi connectivity index (χ4v) is 4.01. The summed E-state index contributed by atoms with van der Waals surface area (Å²) in [6.07, 6.45) is 2.93. The predicted octanol–water partition coefficient (Wildman–Crippen LogP) is 2.43. The van der Waals surface area contributed by atoms with Crippen molar-refractivity contribution in [2.24, 2.45) is 17.8 Å². The molecule has 0 aliphatic carbocycles. The number of fused-ring (bicyclic) bond motifs is 1. The van der Waals surface area contributed by atoms with Gasteiger partial charge in [0.1, 0.15) is 5.82 Å². The summed E-state index contributed by atoms with van der Waals surface area (Å²) in [5.41, 5.74) is 6.39. The lowest BCUT2D eigenvalue weighted by atomic mass is 9.86. The third kappa shape index (κ3) is 4.73. The zero-order valence-electron chi connectivity index (χ0n) is 21.2. The fourth-order valence-electron chi connectivity index (χ4n) is 4.01. The van der Waals surface area contributed by atoms with Gasteiger partial charge in [-0.25, -0.2) is 9.37 Å². The summed E-state index contributed by atoms with van der Waals surface area (Å²) in [5.74, 6) is -0.701. The van der Waals surface area contributed by atoms with Gasteiger partial charge in [-0.05, 0) is 29.2 Å². The van der Waals surface area contributed by atoms with Gasteiger partial charge in [0.2, 0.25) is 0 Å². The summed E-state index contributed by atoms with van der Waals surface area (Å²) in [5, 5.41) is 17.6. The lowest BCUT2D eigenvalue weighted by molar-refractivity contribution is 0.281. The van der Waals surface area contributed by atoms with E-state index in [1.54, 1.807) is 31.3 Å². The van der Waals surface area contributed by atoms with Crippen LogP contribution >= 0.6 is 0 Å².